The molecule has 4 fully saturated rings. The largest absolute Gasteiger partial charge is 0.508 e. The molecule has 15 nitrogen and oxygen atoms in total. The van der Waals surface area contributed by atoms with Gasteiger partial charge in [-0.3, -0.25) is 24.2 Å². The summed E-state index contributed by atoms with van der Waals surface area (Å²) in [6.45, 7) is 10.1. The molecule has 6 aromatic rings. The van der Waals surface area contributed by atoms with Gasteiger partial charge in [0.15, 0.2) is 5.82 Å². The number of aryl methyl sites for hydroxylation is 1. The van der Waals surface area contributed by atoms with Crippen LogP contribution < -0.4 is 31.1 Å². The quantitative estimate of drug-likeness (QED) is 0.111. The number of aliphatic hydroxyl groups is 1. The van der Waals surface area contributed by atoms with Gasteiger partial charge in [-0.25, -0.2) is 18.0 Å². The minimum atomic E-state index is -0.979. The summed E-state index contributed by atoms with van der Waals surface area (Å²) in [6, 6.07) is 12.6. The lowest BCUT2D eigenvalue weighted by molar-refractivity contribution is 0.0447. The zero-order valence-electron chi connectivity index (χ0n) is 39.9. The topological polar surface area (TPSA) is 168 Å². The second-order valence-electron chi connectivity index (χ2n) is 20.1. The number of phenols is 1. The number of benzene rings is 3. The van der Waals surface area contributed by atoms with Gasteiger partial charge in [0.2, 0.25) is 0 Å². The molecule has 0 amide bonds. The van der Waals surface area contributed by atoms with E-state index in [2.05, 4.69) is 42.0 Å². The number of ether oxygens (including phenoxy) is 1. The van der Waals surface area contributed by atoms with Crippen molar-refractivity contribution < 1.29 is 28.1 Å². The molecule has 3 atom stereocenters. The number of aromatic amines is 1. The van der Waals surface area contributed by atoms with E-state index < -0.39 is 34.3 Å². The van der Waals surface area contributed by atoms with Crippen LogP contribution in [0, 0.1) is 23.4 Å². The summed E-state index contributed by atoms with van der Waals surface area (Å²) < 4.78 is 55.2. The number of phenolic OH excluding ortho intramolecular Hbond substituents is 1. The van der Waals surface area contributed by atoms with Gasteiger partial charge in [-0.2, -0.15) is 9.97 Å². The molecular formula is C52H61F3N10O5. The highest BCUT2D eigenvalue weighted by Gasteiger charge is 2.35. The van der Waals surface area contributed by atoms with Gasteiger partial charge in [-0.15, -0.1) is 0 Å². The molecule has 7 heterocycles. The SMILES string of the molecule is CCc1c(F)ccc2cc(O)cc(-c3ncc4c(N5CCC[C@@](C)(O)C5)nc(OC[C@@H]5C[C@H](NC6CCN(CC7CCN(c8ccc(-n9ccc(=O)[nH]c9=O)cc8F)CC7)CC6)CN5C)nc4c3F)c12. The Hall–Kier alpha value is -6.08. The standard InChI is InChI=1S/C52H61F3N10O5/c1-4-38-41(53)8-6-32-22-37(66)25-39(45(32)38)47-46(55)48-40(26-56-47)49(64-16-5-15-52(2,69)30-64)60-50(59-48)70-29-36-23-34(28-61(36)3)57-33-12-17-62(18-13-33)27-31-10-19-63(20-11-31)43-9-7-35(24-42(43)54)65-21-14-44(67)58-51(65)68/h6-9,14,21-22,24-26,31,33-34,36,57,66,69H,4-5,10-13,15-20,23,27-30H2,1-3H3,(H,58,67,68)/t34-,36-,52+/m0/s1. The van der Waals surface area contributed by atoms with Crippen LogP contribution in [-0.4, -0.2) is 134 Å². The number of β-amino-alcohol motifs (C(OH)–C–C–N with tert-alkyl or cyclic N) is 1. The lowest BCUT2D eigenvalue weighted by atomic mass is 9.94. The van der Waals surface area contributed by atoms with Gasteiger partial charge in [0, 0.05) is 87.5 Å². The smallest absolute Gasteiger partial charge is 0.332 e. The van der Waals surface area contributed by atoms with Crippen molar-refractivity contribution >= 4 is 33.2 Å². The number of likely N-dealkylation sites (tertiary alicyclic amines) is 2. The van der Waals surface area contributed by atoms with Gasteiger partial charge in [-0.05, 0) is 131 Å². The number of aromatic nitrogens is 5. The summed E-state index contributed by atoms with van der Waals surface area (Å²) in [7, 11) is 2.08. The Morgan fingerprint density at radius 2 is 1.73 bits per heavy atom. The molecule has 4 saturated heterocycles. The number of hydrogen-bond acceptors (Lipinski definition) is 13. The van der Waals surface area contributed by atoms with E-state index in [1.807, 2.05) is 11.8 Å². The third kappa shape index (κ3) is 9.83. The zero-order valence-corrected chi connectivity index (χ0v) is 39.9. The van der Waals surface area contributed by atoms with Gasteiger partial charge in [0.1, 0.15) is 41.0 Å². The van der Waals surface area contributed by atoms with Gasteiger partial charge in [0.05, 0.1) is 22.4 Å². The minimum Gasteiger partial charge on any atom is -0.508 e. The summed E-state index contributed by atoms with van der Waals surface area (Å²) in [5.74, 6) is -0.721. The summed E-state index contributed by atoms with van der Waals surface area (Å²) in [6.07, 6.45) is 9.41. The number of rotatable bonds is 12. The number of nitrogens with zero attached hydrogens (tertiary/aromatic N) is 8. The number of pyridine rings is 1. The van der Waals surface area contributed by atoms with E-state index in [0.717, 1.165) is 71.4 Å². The molecule has 3 aromatic heterocycles. The monoisotopic (exact) mass is 962 g/mol. The average molecular weight is 963 g/mol. The highest BCUT2D eigenvalue weighted by Crippen LogP contribution is 2.40. The Morgan fingerprint density at radius 3 is 2.47 bits per heavy atom. The molecule has 4 aliphatic rings. The number of halogens is 3. The van der Waals surface area contributed by atoms with Crippen molar-refractivity contribution in [2.45, 2.75) is 88.9 Å². The molecule has 0 unspecified atom stereocenters. The second-order valence-corrected chi connectivity index (χ2v) is 20.1. The second kappa shape index (κ2) is 19.6. The molecule has 4 N–H and O–H groups in total. The fourth-order valence-electron chi connectivity index (χ4n) is 11.4. The molecule has 3 aromatic carbocycles. The van der Waals surface area contributed by atoms with Gasteiger partial charge < -0.3 is 35.0 Å². The van der Waals surface area contributed by atoms with Crippen molar-refractivity contribution in [3.63, 3.8) is 0 Å². The molecule has 0 radical (unpaired) electrons. The van der Waals surface area contributed by atoms with Crippen LogP contribution in [0.4, 0.5) is 24.7 Å². The zero-order chi connectivity index (χ0) is 48.8. The van der Waals surface area contributed by atoms with Crippen LogP contribution in [0.15, 0.2) is 70.5 Å². The van der Waals surface area contributed by atoms with Crippen LogP contribution in [0.1, 0.15) is 64.4 Å². The van der Waals surface area contributed by atoms with E-state index in [0.29, 0.717) is 76.7 Å². The van der Waals surface area contributed by atoms with E-state index >= 15 is 13.2 Å². The molecule has 4 aliphatic heterocycles. The summed E-state index contributed by atoms with van der Waals surface area (Å²) in [5.41, 5.74) is -0.645. The highest BCUT2D eigenvalue weighted by molar-refractivity contribution is 6.01. The van der Waals surface area contributed by atoms with E-state index in [4.69, 9.17) is 9.72 Å². The number of likely N-dealkylation sites (N-methyl/N-ethyl adjacent to an activating group) is 1. The Labute approximate surface area is 403 Å². The molecule has 370 valence electrons. The predicted molar refractivity (Wildman–Crippen MR) is 264 cm³/mol. The van der Waals surface area contributed by atoms with Crippen molar-refractivity contribution in [3.8, 4) is 28.7 Å². The first-order valence-corrected chi connectivity index (χ1v) is 24.7. The minimum absolute atomic E-state index is 0.0109. The van der Waals surface area contributed by atoms with Crippen molar-refractivity contribution in [2.24, 2.45) is 5.92 Å². The summed E-state index contributed by atoms with van der Waals surface area (Å²) >= 11 is 0. The van der Waals surface area contributed by atoms with Crippen LogP contribution in [0.3, 0.4) is 0 Å². The van der Waals surface area contributed by atoms with E-state index in [-0.39, 0.29) is 53.8 Å². The van der Waals surface area contributed by atoms with Crippen LogP contribution >= 0.6 is 0 Å². The van der Waals surface area contributed by atoms with Gasteiger partial charge in [0.25, 0.3) is 5.56 Å². The first-order valence-electron chi connectivity index (χ1n) is 24.7. The van der Waals surface area contributed by atoms with Gasteiger partial charge >= 0.3 is 11.7 Å². The highest BCUT2D eigenvalue weighted by atomic mass is 19.1. The maximum absolute atomic E-state index is 17.1. The molecule has 0 bridgehead atoms. The van der Waals surface area contributed by atoms with Crippen molar-refractivity contribution in [3.05, 3.63) is 105 Å². The molecule has 18 heteroatoms. The molecule has 0 spiro atoms. The maximum atomic E-state index is 17.1. The normalized spacial score (nSPS) is 22.2. The molecule has 10 rings (SSSR count). The number of hydrogen-bond donors (Lipinski definition) is 4. The predicted octanol–water partition coefficient (Wildman–Crippen LogP) is 6.14. The van der Waals surface area contributed by atoms with Crippen LogP contribution in [-0.2, 0) is 6.42 Å². The number of piperidine rings is 3. The summed E-state index contributed by atoms with van der Waals surface area (Å²) in [5, 5.41) is 27.1. The number of aromatic hydroxyl groups is 1. The first-order chi connectivity index (χ1) is 33.7. The third-order valence-corrected chi connectivity index (χ3v) is 15.0. The van der Waals surface area contributed by atoms with Crippen molar-refractivity contribution in [1.82, 2.24) is 39.6 Å². The fourth-order valence-corrected chi connectivity index (χ4v) is 11.4. The van der Waals surface area contributed by atoms with E-state index in [9.17, 15) is 19.8 Å². The molecule has 70 heavy (non-hydrogen) atoms. The van der Waals surface area contributed by atoms with E-state index in [1.165, 1.54) is 47.3 Å². The fraction of sp³-hybridized carbons (Fsp3) is 0.481. The van der Waals surface area contributed by atoms with Crippen LogP contribution in [0.2, 0.25) is 0 Å². The van der Waals surface area contributed by atoms with Crippen molar-refractivity contribution in [2.75, 3.05) is 75.8 Å². The van der Waals surface area contributed by atoms with Crippen LogP contribution in [0.25, 0.3) is 38.6 Å². The van der Waals surface area contributed by atoms with E-state index in [1.54, 1.807) is 25.1 Å². The Balaban J connectivity index is 0.761. The third-order valence-electron chi connectivity index (χ3n) is 15.0. The molecule has 0 aliphatic carbocycles. The Kier molecular flexibility index (Phi) is 13.3. The number of H-pyrrole nitrogens is 1. The lowest BCUT2D eigenvalue weighted by Gasteiger charge is -2.39. The number of fused-ring (bicyclic) bond motifs is 2. The van der Waals surface area contributed by atoms with Crippen molar-refractivity contribution in [1.29, 1.82) is 0 Å². The van der Waals surface area contributed by atoms with Crippen LogP contribution in [0.5, 0.6) is 11.8 Å². The maximum Gasteiger partial charge on any atom is 0.332 e. The Bertz CT molecular complexity index is 3030. The molecular weight excluding hydrogens is 902 g/mol. The first kappa shape index (κ1) is 47.6. The number of anilines is 2. The van der Waals surface area contributed by atoms with Gasteiger partial charge in [-0.1, -0.05) is 13.0 Å². The average Bonchev–Trinajstić information content (AvgIpc) is 3.69. The number of nitrogens with one attached hydrogen (secondary N) is 2. The lowest BCUT2D eigenvalue weighted by Crippen LogP contribution is -2.48. The Morgan fingerprint density at radius 1 is 0.929 bits per heavy atom. The summed E-state index contributed by atoms with van der Waals surface area (Å²) in [4.78, 5) is 48.8. The molecule has 0 saturated carbocycles.